The van der Waals surface area contributed by atoms with Gasteiger partial charge in [0.15, 0.2) is 18.4 Å². The average Bonchev–Trinajstić information content (AvgIpc) is 2.59. The molecule has 0 aliphatic carbocycles. The maximum Gasteiger partial charge on any atom is 0.173 e. The topological polar surface area (TPSA) is 7.12 Å². The molecule has 82 valence electrons. The van der Waals surface area contributed by atoms with Crippen LogP contribution in [0.25, 0.3) is 0 Å². The first kappa shape index (κ1) is 10.6. The lowest BCUT2D eigenvalue weighted by molar-refractivity contribution is -0.716. The summed E-state index contributed by atoms with van der Waals surface area (Å²) in [6, 6.07) is 3.48. The second kappa shape index (κ2) is 3.93. The first-order valence-corrected chi connectivity index (χ1v) is 5.84. The summed E-state index contributed by atoms with van der Waals surface area (Å²) in [6.07, 6.45) is 4.51. The van der Waals surface area contributed by atoms with Crippen LogP contribution in [0.3, 0.4) is 0 Å². The molecule has 0 radical (unpaired) electrons. The van der Waals surface area contributed by atoms with Gasteiger partial charge in [-0.25, -0.2) is 4.57 Å². The molecule has 0 saturated carbocycles. The van der Waals surface area contributed by atoms with Gasteiger partial charge in [-0.05, 0) is 33.3 Å². The number of fused-ring (bicyclic) bond motifs is 1. The molecule has 2 nitrogen and oxygen atoms in total. The van der Waals surface area contributed by atoms with Crippen LogP contribution in [-0.2, 0) is 13.1 Å². The van der Waals surface area contributed by atoms with E-state index in [0.717, 1.165) is 13.1 Å². The Morgan fingerprint density at radius 1 is 1.13 bits per heavy atom. The number of rotatable bonds is 2. The molecule has 2 rings (SSSR count). The largest absolute Gasteiger partial charge is 0.292 e. The molecular formula is C13H21N2+. The van der Waals surface area contributed by atoms with Crippen molar-refractivity contribution >= 4 is 0 Å². The molecule has 2 heterocycles. The van der Waals surface area contributed by atoms with Gasteiger partial charge in [-0.15, -0.1) is 0 Å². The number of nitrogens with zero attached hydrogens (tertiary/aromatic N) is 2. The molecule has 0 unspecified atom stereocenters. The Morgan fingerprint density at radius 2 is 1.80 bits per heavy atom. The van der Waals surface area contributed by atoms with E-state index in [1.165, 1.54) is 11.1 Å². The molecule has 1 aliphatic rings. The quantitative estimate of drug-likeness (QED) is 0.672. The summed E-state index contributed by atoms with van der Waals surface area (Å²) in [5, 5.41) is 0. The Hall–Kier alpha value is -0.890. The van der Waals surface area contributed by atoms with Crippen molar-refractivity contribution < 1.29 is 4.57 Å². The van der Waals surface area contributed by atoms with E-state index >= 15 is 0 Å². The third-order valence-electron chi connectivity index (χ3n) is 3.24. The van der Waals surface area contributed by atoms with Crippen molar-refractivity contribution in [2.75, 3.05) is 0 Å². The van der Waals surface area contributed by atoms with E-state index in [0.29, 0.717) is 12.1 Å². The summed E-state index contributed by atoms with van der Waals surface area (Å²) in [5.41, 5.74) is 3.00. The molecule has 0 atom stereocenters. The molecule has 0 N–H and O–H groups in total. The minimum atomic E-state index is 0.559. The van der Waals surface area contributed by atoms with E-state index in [1.807, 2.05) is 0 Å². The van der Waals surface area contributed by atoms with Crippen LogP contribution < -0.4 is 4.57 Å². The fourth-order valence-corrected chi connectivity index (χ4v) is 2.07. The molecular weight excluding hydrogens is 184 g/mol. The van der Waals surface area contributed by atoms with Gasteiger partial charge in [0, 0.05) is 30.8 Å². The van der Waals surface area contributed by atoms with Crippen molar-refractivity contribution in [3.63, 3.8) is 0 Å². The maximum absolute atomic E-state index is 2.51. The molecule has 2 heteroatoms. The second-order valence-corrected chi connectivity index (χ2v) is 5.04. The lowest BCUT2D eigenvalue weighted by Gasteiger charge is -2.18. The molecule has 0 bridgehead atoms. The standard InChI is InChI=1S/C13H21N2/c1-10(2)14-6-5-12-7-15(11(3)4)9-13(12)8-14/h5-6,8,10-11H,7,9H2,1-4H3/q+1. The predicted molar refractivity (Wildman–Crippen MR) is 61.4 cm³/mol. The number of aromatic nitrogens is 1. The monoisotopic (exact) mass is 205 g/mol. The zero-order valence-electron chi connectivity index (χ0n) is 10.2. The fourth-order valence-electron chi connectivity index (χ4n) is 2.07. The Morgan fingerprint density at radius 3 is 2.40 bits per heavy atom. The predicted octanol–water partition coefficient (Wildman–Crippen LogP) is 2.28. The number of hydrogen-bond donors (Lipinski definition) is 0. The van der Waals surface area contributed by atoms with Crippen molar-refractivity contribution in [3.05, 3.63) is 29.6 Å². The first-order valence-electron chi connectivity index (χ1n) is 5.84. The van der Waals surface area contributed by atoms with Gasteiger partial charge >= 0.3 is 0 Å². The van der Waals surface area contributed by atoms with E-state index in [4.69, 9.17) is 0 Å². The SMILES string of the molecule is CC(C)N1Cc2cc[n+](C(C)C)cc2C1. The summed E-state index contributed by atoms with van der Waals surface area (Å²) in [5.74, 6) is 0. The highest BCUT2D eigenvalue weighted by atomic mass is 15.2. The van der Waals surface area contributed by atoms with Crippen molar-refractivity contribution in [3.8, 4) is 0 Å². The highest BCUT2D eigenvalue weighted by Gasteiger charge is 2.23. The van der Waals surface area contributed by atoms with E-state index in [1.54, 1.807) is 0 Å². The zero-order valence-corrected chi connectivity index (χ0v) is 10.2. The van der Waals surface area contributed by atoms with Crippen LogP contribution in [-0.4, -0.2) is 10.9 Å². The normalized spacial score (nSPS) is 16.4. The summed E-state index contributed by atoms with van der Waals surface area (Å²) < 4.78 is 2.29. The molecule has 1 aliphatic heterocycles. The molecule has 0 amide bonds. The fraction of sp³-hybridized carbons (Fsp3) is 0.615. The van der Waals surface area contributed by atoms with Gasteiger partial charge in [-0.1, -0.05) is 0 Å². The molecule has 0 fully saturated rings. The van der Waals surface area contributed by atoms with Crippen LogP contribution in [0.1, 0.15) is 44.9 Å². The van der Waals surface area contributed by atoms with Gasteiger partial charge in [0.2, 0.25) is 0 Å². The van der Waals surface area contributed by atoms with Gasteiger partial charge < -0.3 is 0 Å². The molecule has 0 spiro atoms. The van der Waals surface area contributed by atoms with Crippen molar-refractivity contribution in [2.45, 2.75) is 52.9 Å². The van der Waals surface area contributed by atoms with Crippen LogP contribution >= 0.6 is 0 Å². The number of pyridine rings is 1. The summed E-state index contributed by atoms with van der Waals surface area (Å²) in [4.78, 5) is 2.51. The molecule has 15 heavy (non-hydrogen) atoms. The Labute approximate surface area is 92.5 Å². The van der Waals surface area contributed by atoms with Crippen molar-refractivity contribution in [1.82, 2.24) is 4.90 Å². The Kier molecular flexibility index (Phi) is 2.79. The van der Waals surface area contributed by atoms with Crippen molar-refractivity contribution in [1.29, 1.82) is 0 Å². The minimum absolute atomic E-state index is 0.559. The number of hydrogen-bond acceptors (Lipinski definition) is 1. The van der Waals surface area contributed by atoms with Crippen LogP contribution in [0.4, 0.5) is 0 Å². The molecule has 1 aromatic rings. The molecule has 0 aromatic carbocycles. The Balaban J connectivity index is 2.24. The molecule has 0 saturated heterocycles. The van der Waals surface area contributed by atoms with Crippen LogP contribution in [0, 0.1) is 0 Å². The second-order valence-electron chi connectivity index (χ2n) is 5.04. The average molecular weight is 205 g/mol. The highest BCUT2D eigenvalue weighted by molar-refractivity contribution is 5.25. The van der Waals surface area contributed by atoms with E-state index in [-0.39, 0.29) is 0 Å². The van der Waals surface area contributed by atoms with Crippen LogP contribution in [0.15, 0.2) is 18.5 Å². The highest BCUT2D eigenvalue weighted by Crippen LogP contribution is 2.22. The third-order valence-corrected chi connectivity index (χ3v) is 3.24. The molecule has 1 aromatic heterocycles. The van der Waals surface area contributed by atoms with Gasteiger partial charge in [-0.2, -0.15) is 0 Å². The van der Waals surface area contributed by atoms with E-state index in [2.05, 4.69) is 55.6 Å². The van der Waals surface area contributed by atoms with Gasteiger partial charge in [-0.3, -0.25) is 4.90 Å². The van der Waals surface area contributed by atoms with E-state index in [9.17, 15) is 0 Å². The van der Waals surface area contributed by atoms with Crippen LogP contribution in [0.2, 0.25) is 0 Å². The maximum atomic E-state index is 2.51. The van der Waals surface area contributed by atoms with Gasteiger partial charge in [0.25, 0.3) is 0 Å². The summed E-state index contributed by atoms with van der Waals surface area (Å²) in [7, 11) is 0. The van der Waals surface area contributed by atoms with Crippen molar-refractivity contribution in [2.24, 2.45) is 0 Å². The lowest BCUT2D eigenvalue weighted by Crippen LogP contribution is -2.35. The van der Waals surface area contributed by atoms with Gasteiger partial charge in [0.05, 0.1) is 0 Å². The summed E-state index contributed by atoms with van der Waals surface area (Å²) in [6.45, 7) is 11.2. The smallest absolute Gasteiger partial charge is 0.173 e. The zero-order chi connectivity index (χ0) is 11.0. The van der Waals surface area contributed by atoms with Gasteiger partial charge in [0.1, 0.15) is 0 Å². The lowest BCUT2D eigenvalue weighted by atomic mass is 10.2. The third kappa shape index (κ3) is 2.05. The minimum Gasteiger partial charge on any atom is -0.292 e. The van der Waals surface area contributed by atoms with Crippen LogP contribution in [0.5, 0.6) is 0 Å². The van der Waals surface area contributed by atoms with E-state index < -0.39 is 0 Å². The first-order chi connectivity index (χ1) is 7.08. The Bertz CT molecular complexity index is 356. The summed E-state index contributed by atoms with van der Waals surface area (Å²) >= 11 is 0.